The van der Waals surface area contributed by atoms with E-state index in [1.165, 1.54) is 6.08 Å². The summed E-state index contributed by atoms with van der Waals surface area (Å²) in [5.41, 5.74) is 3.99. The van der Waals surface area contributed by atoms with E-state index in [0.29, 0.717) is 5.56 Å². The molecule has 1 aromatic carbocycles. The first-order valence-corrected chi connectivity index (χ1v) is 10.0. The molecular formula is C18H24O2Si. The Balaban J connectivity index is 2.76. The number of ketones is 1. The van der Waals surface area contributed by atoms with Crippen LogP contribution in [0.25, 0.3) is 0 Å². The molecule has 0 spiro atoms. The fourth-order valence-electron chi connectivity index (χ4n) is 1.38. The molecule has 2 nitrogen and oxygen atoms in total. The molecule has 112 valence electrons. The van der Waals surface area contributed by atoms with E-state index in [2.05, 4.69) is 45.3 Å². The third kappa shape index (κ3) is 4.91. The first kappa shape index (κ1) is 17.3. The summed E-state index contributed by atoms with van der Waals surface area (Å²) in [6.07, 6.45) is 3.19. The number of rotatable bonds is 3. The second kappa shape index (κ2) is 6.78. The van der Waals surface area contributed by atoms with Crippen molar-refractivity contribution in [1.82, 2.24) is 0 Å². The van der Waals surface area contributed by atoms with Crippen molar-refractivity contribution in [2.24, 2.45) is 0 Å². The van der Waals surface area contributed by atoms with Crippen molar-refractivity contribution in [2.45, 2.75) is 38.9 Å². The van der Waals surface area contributed by atoms with Crippen LogP contribution >= 0.6 is 0 Å². The molecule has 0 heterocycles. The lowest BCUT2D eigenvalue weighted by Crippen LogP contribution is -2.35. The highest BCUT2D eigenvalue weighted by Gasteiger charge is 2.33. The van der Waals surface area contributed by atoms with Crippen LogP contribution in [0.2, 0.25) is 18.1 Å². The highest BCUT2D eigenvalue weighted by molar-refractivity contribution is 6.87. The standard InChI is InChI=1S/C18H24O2Si/c1-18(2,3)21(5,6)14-8-7-9-17(19)15-10-12-16(20-4)13-11-15/h7,9-13H,1-6H3/b9-7+. The van der Waals surface area contributed by atoms with Gasteiger partial charge in [-0.25, -0.2) is 0 Å². The zero-order valence-electron chi connectivity index (χ0n) is 13.8. The highest BCUT2D eigenvalue weighted by atomic mass is 28.3. The summed E-state index contributed by atoms with van der Waals surface area (Å²) in [5, 5.41) is 0.230. The third-order valence-electron chi connectivity index (χ3n) is 3.95. The van der Waals surface area contributed by atoms with Crippen LogP contribution in [0.4, 0.5) is 0 Å². The van der Waals surface area contributed by atoms with E-state index >= 15 is 0 Å². The van der Waals surface area contributed by atoms with Crippen molar-refractivity contribution in [2.75, 3.05) is 7.11 Å². The molecule has 1 rings (SSSR count). The van der Waals surface area contributed by atoms with Crippen LogP contribution in [0.3, 0.4) is 0 Å². The quantitative estimate of drug-likeness (QED) is 0.356. The summed E-state index contributed by atoms with van der Waals surface area (Å²) in [7, 11) is -0.00443. The molecule has 0 saturated heterocycles. The maximum absolute atomic E-state index is 12.0. The minimum Gasteiger partial charge on any atom is -0.497 e. The Labute approximate surface area is 129 Å². The van der Waals surface area contributed by atoms with Crippen LogP contribution in [0.15, 0.2) is 36.4 Å². The molecule has 0 amide bonds. The number of methoxy groups -OCH3 is 1. The average Bonchev–Trinajstić information content (AvgIpc) is 2.42. The molecule has 0 saturated carbocycles. The third-order valence-corrected chi connectivity index (χ3v) is 8.47. The SMILES string of the molecule is COc1ccc(C(=O)/C=C/C#C[Si](C)(C)C(C)(C)C)cc1. The minimum atomic E-state index is -1.61. The Bertz CT molecular complexity index is 578. The van der Waals surface area contributed by atoms with Crippen molar-refractivity contribution >= 4 is 13.9 Å². The van der Waals surface area contributed by atoms with E-state index in [1.54, 1.807) is 37.5 Å². The van der Waals surface area contributed by atoms with Gasteiger partial charge in [0.05, 0.1) is 7.11 Å². The summed E-state index contributed by atoms with van der Waals surface area (Å²) >= 11 is 0. The Morgan fingerprint density at radius 3 is 2.24 bits per heavy atom. The zero-order chi connectivity index (χ0) is 16.1. The molecule has 1 aromatic rings. The smallest absolute Gasteiger partial charge is 0.186 e. The van der Waals surface area contributed by atoms with Crippen LogP contribution in [-0.2, 0) is 0 Å². The lowest BCUT2D eigenvalue weighted by atomic mass is 10.1. The molecule has 0 unspecified atom stereocenters. The Morgan fingerprint density at radius 1 is 1.19 bits per heavy atom. The number of ether oxygens (including phenoxy) is 1. The van der Waals surface area contributed by atoms with Crippen LogP contribution in [0, 0.1) is 11.5 Å². The van der Waals surface area contributed by atoms with Gasteiger partial charge in [0.15, 0.2) is 5.78 Å². The van der Waals surface area contributed by atoms with Crippen molar-refractivity contribution < 1.29 is 9.53 Å². The fourth-order valence-corrected chi connectivity index (χ4v) is 2.20. The molecule has 3 heteroatoms. The summed E-state index contributed by atoms with van der Waals surface area (Å²) in [5.74, 6) is 3.75. The van der Waals surface area contributed by atoms with E-state index in [1.807, 2.05) is 0 Å². The van der Waals surface area contributed by atoms with E-state index in [9.17, 15) is 4.79 Å². The van der Waals surface area contributed by atoms with Crippen molar-refractivity contribution in [3.05, 3.63) is 42.0 Å². The van der Waals surface area contributed by atoms with Gasteiger partial charge in [-0.2, -0.15) is 0 Å². The molecule has 0 N–H and O–H groups in total. The zero-order valence-corrected chi connectivity index (χ0v) is 14.8. The van der Waals surface area contributed by atoms with Gasteiger partial charge in [-0.1, -0.05) is 39.8 Å². The van der Waals surface area contributed by atoms with Gasteiger partial charge >= 0.3 is 0 Å². The molecule has 21 heavy (non-hydrogen) atoms. The Hall–Kier alpha value is -1.79. The molecule has 0 aliphatic carbocycles. The minimum absolute atomic E-state index is 0.0396. The predicted octanol–water partition coefficient (Wildman–Crippen LogP) is 4.49. The monoisotopic (exact) mass is 300 g/mol. The maximum atomic E-state index is 12.0. The van der Waals surface area contributed by atoms with Gasteiger partial charge in [-0.15, -0.1) is 5.54 Å². The summed E-state index contributed by atoms with van der Waals surface area (Å²) in [6, 6.07) is 7.07. The maximum Gasteiger partial charge on any atom is 0.186 e. The van der Waals surface area contributed by atoms with E-state index in [4.69, 9.17) is 4.74 Å². The molecular weight excluding hydrogens is 276 g/mol. The van der Waals surface area contributed by atoms with Gasteiger partial charge in [0.1, 0.15) is 13.8 Å². The van der Waals surface area contributed by atoms with Crippen LogP contribution in [0.5, 0.6) is 5.75 Å². The summed E-state index contributed by atoms with van der Waals surface area (Å²) in [6.45, 7) is 11.2. The van der Waals surface area contributed by atoms with E-state index < -0.39 is 8.07 Å². The van der Waals surface area contributed by atoms with Crippen molar-refractivity contribution in [3.8, 4) is 17.2 Å². The second-order valence-electron chi connectivity index (χ2n) is 6.57. The first-order valence-electron chi connectivity index (χ1n) is 7.05. The molecule has 0 radical (unpaired) electrons. The van der Waals surface area contributed by atoms with Crippen molar-refractivity contribution in [3.63, 3.8) is 0 Å². The molecule has 0 aliphatic heterocycles. The predicted molar refractivity (Wildman–Crippen MR) is 91.4 cm³/mol. The van der Waals surface area contributed by atoms with Crippen LogP contribution in [-0.4, -0.2) is 21.0 Å². The Kier molecular flexibility index (Phi) is 5.57. The topological polar surface area (TPSA) is 26.3 Å². The second-order valence-corrected chi connectivity index (χ2v) is 11.6. The molecule has 0 atom stereocenters. The molecule has 0 bridgehead atoms. The number of benzene rings is 1. The van der Waals surface area contributed by atoms with E-state index in [0.717, 1.165) is 5.75 Å². The Morgan fingerprint density at radius 2 is 1.76 bits per heavy atom. The van der Waals surface area contributed by atoms with Crippen LogP contribution in [0.1, 0.15) is 31.1 Å². The lowest BCUT2D eigenvalue weighted by molar-refractivity contribution is 0.104. The largest absolute Gasteiger partial charge is 0.497 e. The molecule has 0 aromatic heterocycles. The average molecular weight is 300 g/mol. The van der Waals surface area contributed by atoms with Crippen LogP contribution < -0.4 is 4.74 Å². The number of hydrogen-bond acceptors (Lipinski definition) is 2. The van der Waals surface area contributed by atoms with Gasteiger partial charge in [-0.05, 0) is 41.5 Å². The lowest BCUT2D eigenvalue weighted by Gasteiger charge is -2.31. The highest BCUT2D eigenvalue weighted by Crippen LogP contribution is 2.35. The summed E-state index contributed by atoms with van der Waals surface area (Å²) < 4.78 is 5.07. The number of carbonyl (C=O) groups is 1. The number of hydrogen-bond donors (Lipinski definition) is 0. The van der Waals surface area contributed by atoms with Gasteiger partial charge in [0.25, 0.3) is 0 Å². The van der Waals surface area contributed by atoms with Gasteiger partial charge in [0, 0.05) is 5.56 Å². The van der Waals surface area contributed by atoms with Gasteiger partial charge in [-0.3, -0.25) is 4.79 Å². The number of allylic oxidation sites excluding steroid dienone is 2. The molecule has 0 fully saturated rings. The van der Waals surface area contributed by atoms with Gasteiger partial charge in [0.2, 0.25) is 0 Å². The molecule has 0 aliphatic rings. The summed E-state index contributed by atoms with van der Waals surface area (Å²) in [4.78, 5) is 12.0. The van der Waals surface area contributed by atoms with Crippen molar-refractivity contribution in [1.29, 1.82) is 0 Å². The van der Waals surface area contributed by atoms with Gasteiger partial charge < -0.3 is 4.74 Å². The van der Waals surface area contributed by atoms with E-state index in [-0.39, 0.29) is 10.8 Å². The fraction of sp³-hybridized carbons (Fsp3) is 0.389. The number of carbonyl (C=O) groups excluding carboxylic acids is 1. The first-order chi connectivity index (χ1) is 9.67. The normalized spacial score (nSPS) is 11.9.